The van der Waals surface area contributed by atoms with Crippen LogP contribution in [-0.2, 0) is 11.2 Å². The molecule has 0 aliphatic heterocycles. The van der Waals surface area contributed by atoms with Gasteiger partial charge in [-0.2, -0.15) is 0 Å². The Hall–Kier alpha value is -0.870. The van der Waals surface area contributed by atoms with Crippen molar-refractivity contribution in [2.45, 2.75) is 39.5 Å². The minimum atomic E-state index is 0.543. The van der Waals surface area contributed by atoms with Crippen LogP contribution in [0.25, 0.3) is 0 Å². The van der Waals surface area contributed by atoms with Gasteiger partial charge in [0.1, 0.15) is 17.3 Å². The highest BCUT2D eigenvalue weighted by atomic mass is 35.5. The average Bonchev–Trinajstić information content (AvgIpc) is 2.37. The van der Waals surface area contributed by atoms with Gasteiger partial charge >= 0.3 is 0 Å². The van der Waals surface area contributed by atoms with Gasteiger partial charge in [-0.25, -0.2) is 9.97 Å². The van der Waals surface area contributed by atoms with Crippen molar-refractivity contribution in [2.75, 3.05) is 25.1 Å². The molecule has 0 aliphatic carbocycles. The third kappa shape index (κ3) is 5.19. The summed E-state index contributed by atoms with van der Waals surface area (Å²) in [6.45, 7) is 6.52. The third-order valence-electron chi connectivity index (χ3n) is 2.57. The van der Waals surface area contributed by atoms with Crippen LogP contribution in [0.3, 0.4) is 0 Å². The zero-order valence-electron chi connectivity index (χ0n) is 11.2. The Balaban J connectivity index is 2.39. The van der Waals surface area contributed by atoms with Crippen LogP contribution in [0.5, 0.6) is 0 Å². The first-order valence-electron chi connectivity index (χ1n) is 6.60. The fraction of sp³-hybridized carbons (Fsp3) is 0.692. The Kier molecular flexibility index (Phi) is 7.69. The number of aromatic nitrogens is 2. The summed E-state index contributed by atoms with van der Waals surface area (Å²) in [5, 5.41) is 3.80. The van der Waals surface area contributed by atoms with E-state index in [0.717, 1.165) is 50.2 Å². The van der Waals surface area contributed by atoms with E-state index in [2.05, 4.69) is 29.1 Å². The number of anilines is 1. The largest absolute Gasteiger partial charge is 0.380 e. The molecule has 1 aromatic rings. The van der Waals surface area contributed by atoms with Crippen molar-refractivity contribution in [3.63, 3.8) is 0 Å². The van der Waals surface area contributed by atoms with Crippen molar-refractivity contribution >= 4 is 17.4 Å². The molecule has 0 amide bonds. The van der Waals surface area contributed by atoms with E-state index < -0.39 is 0 Å². The Morgan fingerprint density at radius 1 is 1.22 bits per heavy atom. The van der Waals surface area contributed by atoms with Crippen LogP contribution in [0, 0.1) is 0 Å². The first kappa shape index (κ1) is 15.2. The lowest BCUT2D eigenvalue weighted by atomic mass is 10.2. The minimum absolute atomic E-state index is 0.543. The summed E-state index contributed by atoms with van der Waals surface area (Å²) >= 11 is 6.07. The van der Waals surface area contributed by atoms with Crippen molar-refractivity contribution in [3.8, 4) is 0 Å². The van der Waals surface area contributed by atoms with E-state index in [1.165, 1.54) is 6.33 Å². The van der Waals surface area contributed by atoms with Gasteiger partial charge in [0.25, 0.3) is 0 Å². The smallest absolute Gasteiger partial charge is 0.137 e. The van der Waals surface area contributed by atoms with Gasteiger partial charge in [0.15, 0.2) is 0 Å². The molecule has 0 atom stereocenters. The van der Waals surface area contributed by atoms with Gasteiger partial charge in [-0.05, 0) is 12.8 Å². The Morgan fingerprint density at radius 2 is 2.06 bits per heavy atom. The van der Waals surface area contributed by atoms with Crippen molar-refractivity contribution in [3.05, 3.63) is 17.0 Å². The molecule has 0 radical (unpaired) electrons. The van der Waals surface area contributed by atoms with E-state index in [4.69, 9.17) is 16.3 Å². The number of halogens is 1. The predicted molar refractivity (Wildman–Crippen MR) is 75.3 cm³/mol. The maximum absolute atomic E-state index is 6.07. The van der Waals surface area contributed by atoms with Crippen LogP contribution in [0.1, 0.15) is 38.7 Å². The number of ether oxygens (including phenoxy) is 1. The zero-order valence-corrected chi connectivity index (χ0v) is 12.0. The average molecular weight is 272 g/mol. The van der Waals surface area contributed by atoms with Gasteiger partial charge in [0.05, 0.1) is 6.61 Å². The van der Waals surface area contributed by atoms with Gasteiger partial charge < -0.3 is 10.1 Å². The summed E-state index contributed by atoms with van der Waals surface area (Å²) in [6, 6.07) is 0. The number of rotatable bonds is 9. The molecule has 4 nitrogen and oxygen atoms in total. The van der Waals surface area contributed by atoms with Crippen LogP contribution in [-0.4, -0.2) is 29.7 Å². The van der Waals surface area contributed by atoms with Crippen molar-refractivity contribution in [2.24, 2.45) is 0 Å². The second-order valence-electron chi connectivity index (χ2n) is 4.13. The number of nitrogens with one attached hydrogen (secondary N) is 1. The maximum atomic E-state index is 6.07. The summed E-state index contributed by atoms with van der Waals surface area (Å²) in [4.78, 5) is 8.24. The Bertz CT molecular complexity index is 347. The molecule has 0 unspecified atom stereocenters. The molecule has 0 fully saturated rings. The summed E-state index contributed by atoms with van der Waals surface area (Å²) < 4.78 is 5.49. The summed E-state index contributed by atoms with van der Waals surface area (Å²) in [6.07, 6.45) is 5.67. The Labute approximate surface area is 114 Å². The molecule has 0 aliphatic rings. The van der Waals surface area contributed by atoms with Crippen molar-refractivity contribution in [1.82, 2.24) is 9.97 Å². The zero-order chi connectivity index (χ0) is 13.2. The van der Waals surface area contributed by atoms with E-state index >= 15 is 0 Å². The van der Waals surface area contributed by atoms with Crippen LogP contribution < -0.4 is 5.32 Å². The Morgan fingerprint density at radius 3 is 2.78 bits per heavy atom. The van der Waals surface area contributed by atoms with Crippen LogP contribution in [0.15, 0.2) is 6.33 Å². The quantitative estimate of drug-likeness (QED) is 0.553. The molecule has 0 saturated heterocycles. The number of unbranched alkanes of at least 4 members (excludes halogenated alkanes) is 1. The molecule has 0 spiro atoms. The third-order valence-corrected chi connectivity index (χ3v) is 2.90. The normalized spacial score (nSPS) is 10.6. The highest BCUT2D eigenvalue weighted by Crippen LogP contribution is 2.20. The van der Waals surface area contributed by atoms with E-state index in [1.807, 2.05) is 0 Å². The summed E-state index contributed by atoms with van der Waals surface area (Å²) in [7, 11) is 0. The predicted octanol–water partition coefficient (Wildman–Crippen LogP) is 3.31. The van der Waals surface area contributed by atoms with Gasteiger partial charge in [-0.15, -0.1) is 0 Å². The molecule has 18 heavy (non-hydrogen) atoms. The second kappa shape index (κ2) is 9.11. The van der Waals surface area contributed by atoms with Crippen LogP contribution >= 0.6 is 11.6 Å². The molecule has 0 aromatic carbocycles. The molecule has 1 N–H and O–H groups in total. The maximum Gasteiger partial charge on any atom is 0.137 e. The molecular weight excluding hydrogens is 250 g/mol. The fourth-order valence-corrected chi connectivity index (χ4v) is 1.83. The fourth-order valence-electron chi connectivity index (χ4n) is 1.60. The lowest BCUT2D eigenvalue weighted by Crippen LogP contribution is -2.13. The molecule has 1 rings (SSSR count). The van der Waals surface area contributed by atoms with Gasteiger partial charge in [-0.3, -0.25) is 0 Å². The highest BCUT2D eigenvalue weighted by molar-refractivity contribution is 6.30. The monoisotopic (exact) mass is 271 g/mol. The van der Waals surface area contributed by atoms with E-state index in [0.29, 0.717) is 11.8 Å². The van der Waals surface area contributed by atoms with Gasteiger partial charge in [0.2, 0.25) is 0 Å². The summed E-state index contributed by atoms with van der Waals surface area (Å²) in [5.74, 6) is 0.830. The van der Waals surface area contributed by atoms with E-state index in [9.17, 15) is 0 Å². The van der Waals surface area contributed by atoms with Crippen molar-refractivity contribution in [1.29, 1.82) is 0 Å². The molecule has 0 saturated carbocycles. The lowest BCUT2D eigenvalue weighted by Gasteiger charge is -2.11. The standard InChI is InChI=1S/C13H22ClN3O/c1-3-5-8-18-9-7-15-13-11(6-4-2)12(14)16-10-17-13/h10H,3-9H2,1-2H3,(H,15,16,17). The topological polar surface area (TPSA) is 47.0 Å². The van der Waals surface area contributed by atoms with Gasteiger partial charge in [0, 0.05) is 18.7 Å². The second-order valence-corrected chi connectivity index (χ2v) is 4.49. The lowest BCUT2D eigenvalue weighted by molar-refractivity contribution is 0.141. The van der Waals surface area contributed by atoms with Gasteiger partial charge in [-0.1, -0.05) is 38.3 Å². The number of nitrogens with zero attached hydrogens (tertiary/aromatic N) is 2. The molecule has 102 valence electrons. The van der Waals surface area contributed by atoms with Crippen LogP contribution in [0.2, 0.25) is 5.15 Å². The highest BCUT2D eigenvalue weighted by Gasteiger charge is 2.08. The molecule has 0 bridgehead atoms. The minimum Gasteiger partial charge on any atom is -0.380 e. The van der Waals surface area contributed by atoms with E-state index in [1.54, 1.807) is 0 Å². The van der Waals surface area contributed by atoms with Crippen LogP contribution in [0.4, 0.5) is 5.82 Å². The molecule has 5 heteroatoms. The molecule has 1 heterocycles. The molecular formula is C13H22ClN3O. The first-order chi connectivity index (χ1) is 8.79. The summed E-state index contributed by atoms with van der Waals surface area (Å²) in [5.41, 5.74) is 0.996. The van der Waals surface area contributed by atoms with E-state index in [-0.39, 0.29) is 0 Å². The first-order valence-corrected chi connectivity index (χ1v) is 6.98. The number of hydrogen-bond donors (Lipinski definition) is 1. The van der Waals surface area contributed by atoms with Crippen molar-refractivity contribution < 1.29 is 4.74 Å². The molecule has 1 aromatic heterocycles. The SMILES string of the molecule is CCCCOCCNc1ncnc(Cl)c1CCC. The number of hydrogen-bond acceptors (Lipinski definition) is 4.